The van der Waals surface area contributed by atoms with Crippen molar-refractivity contribution in [2.45, 2.75) is 29.7 Å². The first-order chi connectivity index (χ1) is 11.8. The van der Waals surface area contributed by atoms with Gasteiger partial charge < -0.3 is 18.8 Å². The number of furan rings is 1. The molecular formula is C15H18N6O2S. The third kappa shape index (κ3) is 3.09. The number of rotatable bonds is 5. The van der Waals surface area contributed by atoms with Gasteiger partial charge in [0, 0.05) is 19.5 Å². The average Bonchev–Trinajstić information content (AvgIpc) is 3.35. The molecule has 0 aliphatic carbocycles. The Labute approximate surface area is 143 Å². The molecule has 0 bridgehead atoms. The summed E-state index contributed by atoms with van der Waals surface area (Å²) in [6.07, 6.45) is 3.91. The van der Waals surface area contributed by atoms with Crippen LogP contribution in [0.15, 0.2) is 32.5 Å². The van der Waals surface area contributed by atoms with E-state index >= 15 is 0 Å². The highest BCUT2D eigenvalue weighted by atomic mass is 32.2. The first kappa shape index (κ1) is 15.4. The van der Waals surface area contributed by atoms with Crippen LogP contribution in [0.5, 0.6) is 0 Å². The molecule has 3 aromatic heterocycles. The molecule has 24 heavy (non-hydrogen) atoms. The molecule has 0 radical (unpaired) electrons. The van der Waals surface area contributed by atoms with Crippen molar-refractivity contribution >= 4 is 11.8 Å². The fourth-order valence-electron chi connectivity index (χ4n) is 2.82. The Morgan fingerprint density at radius 2 is 2.38 bits per heavy atom. The van der Waals surface area contributed by atoms with E-state index in [4.69, 9.17) is 8.94 Å². The second-order valence-corrected chi connectivity index (χ2v) is 6.67. The maximum Gasteiger partial charge on any atom is 0.293 e. The van der Waals surface area contributed by atoms with Crippen LogP contribution < -0.4 is 5.32 Å². The smallest absolute Gasteiger partial charge is 0.293 e. The van der Waals surface area contributed by atoms with E-state index in [1.807, 2.05) is 7.05 Å². The number of piperidine rings is 1. The van der Waals surface area contributed by atoms with Crippen molar-refractivity contribution in [1.29, 1.82) is 0 Å². The normalized spacial score (nSPS) is 18.1. The summed E-state index contributed by atoms with van der Waals surface area (Å²) in [5.74, 6) is 3.61. The van der Waals surface area contributed by atoms with Gasteiger partial charge in [0.1, 0.15) is 5.82 Å². The molecule has 1 atom stereocenters. The molecule has 1 aliphatic heterocycles. The zero-order valence-electron chi connectivity index (χ0n) is 13.3. The van der Waals surface area contributed by atoms with E-state index < -0.39 is 0 Å². The van der Waals surface area contributed by atoms with E-state index in [0.717, 1.165) is 30.5 Å². The molecule has 0 amide bonds. The Morgan fingerprint density at radius 1 is 1.42 bits per heavy atom. The minimum atomic E-state index is 0.391. The van der Waals surface area contributed by atoms with E-state index in [1.165, 1.54) is 6.42 Å². The second-order valence-electron chi connectivity index (χ2n) is 5.72. The molecule has 3 aromatic rings. The largest absolute Gasteiger partial charge is 0.459 e. The van der Waals surface area contributed by atoms with Crippen LogP contribution >= 0.6 is 11.8 Å². The topological polar surface area (TPSA) is 94.8 Å². The van der Waals surface area contributed by atoms with Gasteiger partial charge in [-0.3, -0.25) is 0 Å². The van der Waals surface area contributed by atoms with Crippen molar-refractivity contribution in [3.63, 3.8) is 0 Å². The molecule has 1 fully saturated rings. The van der Waals surface area contributed by atoms with Crippen molar-refractivity contribution in [2.24, 2.45) is 7.05 Å². The van der Waals surface area contributed by atoms with Gasteiger partial charge in [-0.15, -0.1) is 10.2 Å². The Balaban J connectivity index is 1.42. The van der Waals surface area contributed by atoms with Gasteiger partial charge in [-0.2, -0.15) is 4.98 Å². The van der Waals surface area contributed by atoms with Gasteiger partial charge in [0.25, 0.3) is 5.89 Å². The van der Waals surface area contributed by atoms with Crippen LogP contribution in [0.1, 0.15) is 30.4 Å². The predicted octanol–water partition coefficient (Wildman–Crippen LogP) is 2.22. The van der Waals surface area contributed by atoms with Gasteiger partial charge in [0.05, 0.1) is 12.0 Å². The highest BCUT2D eigenvalue weighted by Gasteiger charge is 2.22. The SMILES string of the molecule is Cn1c(SCc2noc(-c3ccco3)n2)nnc1[C@@H]1CCCNC1. The Morgan fingerprint density at radius 3 is 3.17 bits per heavy atom. The zero-order chi connectivity index (χ0) is 16.4. The molecular weight excluding hydrogens is 328 g/mol. The monoisotopic (exact) mass is 346 g/mol. The minimum Gasteiger partial charge on any atom is -0.459 e. The summed E-state index contributed by atoms with van der Waals surface area (Å²) < 4.78 is 12.5. The maximum absolute atomic E-state index is 5.25. The van der Waals surface area contributed by atoms with E-state index in [2.05, 4.69) is 30.2 Å². The van der Waals surface area contributed by atoms with Crippen LogP contribution in [0.3, 0.4) is 0 Å². The number of nitrogens with zero attached hydrogens (tertiary/aromatic N) is 5. The molecule has 1 aliphatic rings. The van der Waals surface area contributed by atoms with Gasteiger partial charge in [-0.1, -0.05) is 16.9 Å². The molecule has 126 valence electrons. The van der Waals surface area contributed by atoms with Crippen LogP contribution in [0, 0.1) is 0 Å². The van der Waals surface area contributed by atoms with Crippen molar-refractivity contribution in [3.8, 4) is 11.7 Å². The lowest BCUT2D eigenvalue weighted by molar-refractivity contribution is 0.411. The molecule has 4 rings (SSSR count). The minimum absolute atomic E-state index is 0.391. The highest BCUT2D eigenvalue weighted by molar-refractivity contribution is 7.98. The molecule has 0 saturated carbocycles. The summed E-state index contributed by atoms with van der Waals surface area (Å²) in [6, 6.07) is 3.58. The number of aromatic nitrogens is 5. The van der Waals surface area contributed by atoms with Crippen LogP contribution in [-0.4, -0.2) is 38.0 Å². The van der Waals surface area contributed by atoms with E-state index in [1.54, 1.807) is 30.2 Å². The molecule has 0 unspecified atom stereocenters. The predicted molar refractivity (Wildman–Crippen MR) is 87.4 cm³/mol. The van der Waals surface area contributed by atoms with Gasteiger partial charge in [-0.25, -0.2) is 0 Å². The highest BCUT2D eigenvalue weighted by Crippen LogP contribution is 2.26. The number of nitrogens with one attached hydrogen (secondary N) is 1. The third-order valence-corrected chi connectivity index (χ3v) is 5.08. The molecule has 8 nitrogen and oxygen atoms in total. The molecule has 0 aromatic carbocycles. The van der Waals surface area contributed by atoms with E-state index in [0.29, 0.717) is 29.1 Å². The summed E-state index contributed by atoms with van der Waals surface area (Å²) in [6.45, 7) is 2.06. The summed E-state index contributed by atoms with van der Waals surface area (Å²) in [5.41, 5.74) is 0. The Bertz CT molecular complexity index is 791. The molecule has 1 N–H and O–H groups in total. The van der Waals surface area contributed by atoms with Crippen molar-refractivity contribution < 1.29 is 8.94 Å². The molecule has 4 heterocycles. The Hall–Kier alpha value is -2.13. The number of thioether (sulfide) groups is 1. The molecule has 1 saturated heterocycles. The fourth-order valence-corrected chi connectivity index (χ4v) is 3.58. The standard InChI is InChI=1S/C15H18N6O2S/c1-21-13(10-4-2-6-16-8-10)18-19-15(21)24-9-12-17-14(23-20-12)11-5-3-7-22-11/h3,5,7,10,16H,2,4,6,8-9H2,1H3/t10-/m1/s1. The third-order valence-electron chi connectivity index (χ3n) is 4.06. The summed E-state index contributed by atoms with van der Waals surface area (Å²) in [4.78, 5) is 4.33. The van der Waals surface area contributed by atoms with Crippen molar-refractivity contribution in [3.05, 3.63) is 30.0 Å². The summed E-state index contributed by atoms with van der Waals surface area (Å²) >= 11 is 1.55. The lowest BCUT2D eigenvalue weighted by Gasteiger charge is -2.21. The van der Waals surface area contributed by atoms with Crippen LogP contribution in [0.2, 0.25) is 0 Å². The molecule has 0 spiro atoms. The second kappa shape index (κ2) is 6.78. The Kier molecular flexibility index (Phi) is 4.35. The van der Waals surface area contributed by atoms with E-state index in [-0.39, 0.29) is 0 Å². The van der Waals surface area contributed by atoms with Gasteiger partial charge in [-0.05, 0) is 31.5 Å². The fraction of sp³-hybridized carbons (Fsp3) is 0.467. The number of hydrogen-bond acceptors (Lipinski definition) is 8. The summed E-state index contributed by atoms with van der Waals surface area (Å²) in [5, 5.41) is 16.9. The zero-order valence-corrected chi connectivity index (χ0v) is 14.1. The lowest BCUT2D eigenvalue weighted by Crippen LogP contribution is -2.29. The maximum atomic E-state index is 5.25. The van der Waals surface area contributed by atoms with Gasteiger partial charge in [0.15, 0.2) is 16.7 Å². The molecule has 9 heteroatoms. The lowest BCUT2D eigenvalue weighted by atomic mass is 9.99. The van der Waals surface area contributed by atoms with Crippen molar-refractivity contribution in [2.75, 3.05) is 13.1 Å². The van der Waals surface area contributed by atoms with Crippen LogP contribution in [0.25, 0.3) is 11.7 Å². The summed E-state index contributed by atoms with van der Waals surface area (Å²) in [7, 11) is 2.01. The van der Waals surface area contributed by atoms with Crippen LogP contribution in [0.4, 0.5) is 0 Å². The van der Waals surface area contributed by atoms with Gasteiger partial charge in [0.2, 0.25) is 0 Å². The van der Waals surface area contributed by atoms with Crippen molar-refractivity contribution in [1.82, 2.24) is 30.2 Å². The quantitative estimate of drug-likeness (QED) is 0.703. The van der Waals surface area contributed by atoms with Gasteiger partial charge >= 0.3 is 0 Å². The number of hydrogen-bond donors (Lipinski definition) is 1. The first-order valence-corrected chi connectivity index (χ1v) is 8.89. The van der Waals surface area contributed by atoms with E-state index in [9.17, 15) is 0 Å². The van der Waals surface area contributed by atoms with Crippen LogP contribution in [-0.2, 0) is 12.8 Å². The average molecular weight is 346 g/mol. The first-order valence-electron chi connectivity index (χ1n) is 7.90.